The number of nitrogens with one attached hydrogen (secondary N) is 1. The summed E-state index contributed by atoms with van der Waals surface area (Å²) in [5.41, 5.74) is 3.99. The molecule has 80 valence electrons. The third kappa shape index (κ3) is 1.65. The highest BCUT2D eigenvalue weighted by atomic mass is 14.9. The number of benzene rings is 1. The van der Waals surface area contributed by atoms with Crippen LogP contribution < -0.4 is 5.32 Å². The minimum absolute atomic E-state index is 0.399. The zero-order valence-corrected chi connectivity index (χ0v) is 9.83. The van der Waals surface area contributed by atoms with Crippen molar-refractivity contribution in [2.75, 3.05) is 7.05 Å². The molecule has 0 aliphatic heterocycles. The summed E-state index contributed by atoms with van der Waals surface area (Å²) in [6, 6.07) is 7.03. The second kappa shape index (κ2) is 3.70. The number of aryl methyl sites for hydroxylation is 2. The molecule has 1 atom stereocenters. The molecule has 1 heterocycles. The molecule has 1 N–H and O–H groups in total. The Morgan fingerprint density at radius 1 is 1.33 bits per heavy atom. The molecule has 0 saturated carbocycles. The van der Waals surface area contributed by atoms with Gasteiger partial charge < -0.3 is 9.88 Å². The average molecular weight is 202 g/mol. The average Bonchev–Trinajstić information content (AvgIpc) is 2.55. The van der Waals surface area contributed by atoms with Crippen LogP contribution in [-0.2, 0) is 7.05 Å². The lowest BCUT2D eigenvalue weighted by molar-refractivity contribution is 0.654. The van der Waals surface area contributed by atoms with Gasteiger partial charge in [-0.3, -0.25) is 0 Å². The van der Waals surface area contributed by atoms with E-state index in [-0.39, 0.29) is 0 Å². The zero-order chi connectivity index (χ0) is 11.0. The van der Waals surface area contributed by atoms with Gasteiger partial charge in [-0.05, 0) is 38.1 Å². The smallest absolute Gasteiger partial charge is 0.0483 e. The van der Waals surface area contributed by atoms with Gasteiger partial charge in [-0.1, -0.05) is 12.1 Å². The van der Waals surface area contributed by atoms with Gasteiger partial charge in [0.15, 0.2) is 0 Å². The van der Waals surface area contributed by atoms with E-state index in [2.05, 4.69) is 55.2 Å². The van der Waals surface area contributed by atoms with E-state index in [0.29, 0.717) is 6.04 Å². The molecule has 0 spiro atoms. The van der Waals surface area contributed by atoms with E-state index in [1.165, 1.54) is 22.0 Å². The van der Waals surface area contributed by atoms with Crippen molar-refractivity contribution in [2.24, 2.45) is 7.05 Å². The van der Waals surface area contributed by atoms with Crippen molar-refractivity contribution in [3.8, 4) is 0 Å². The van der Waals surface area contributed by atoms with Gasteiger partial charge in [-0.15, -0.1) is 0 Å². The summed E-state index contributed by atoms with van der Waals surface area (Å²) in [7, 11) is 4.10. The van der Waals surface area contributed by atoms with E-state index in [1.54, 1.807) is 0 Å². The van der Waals surface area contributed by atoms with Crippen LogP contribution in [0.1, 0.15) is 24.1 Å². The van der Waals surface area contributed by atoms with Crippen molar-refractivity contribution >= 4 is 10.9 Å². The normalized spacial score (nSPS) is 13.3. The molecular weight excluding hydrogens is 184 g/mol. The van der Waals surface area contributed by atoms with Gasteiger partial charge in [0.25, 0.3) is 0 Å². The number of hydrogen-bond donors (Lipinski definition) is 1. The molecule has 2 rings (SSSR count). The minimum atomic E-state index is 0.399. The predicted octanol–water partition coefficient (Wildman–Crippen LogP) is 2.77. The van der Waals surface area contributed by atoms with E-state index in [1.807, 2.05) is 7.05 Å². The first kappa shape index (κ1) is 10.2. The predicted molar refractivity (Wildman–Crippen MR) is 65.1 cm³/mol. The van der Waals surface area contributed by atoms with Gasteiger partial charge >= 0.3 is 0 Å². The van der Waals surface area contributed by atoms with Gasteiger partial charge in [0, 0.05) is 30.2 Å². The highest BCUT2D eigenvalue weighted by Gasteiger charge is 2.10. The summed E-state index contributed by atoms with van der Waals surface area (Å²) in [6.07, 6.45) is 2.21. The topological polar surface area (TPSA) is 17.0 Å². The monoisotopic (exact) mass is 202 g/mol. The standard InChI is InChI=1S/C13H18N2/c1-9-5-6-11-12(10(2)14-3)8-15(4)13(11)7-9/h5-8,10,14H,1-4H3. The molecule has 2 heteroatoms. The SMILES string of the molecule is CNC(C)c1cn(C)c2cc(C)ccc12. The van der Waals surface area contributed by atoms with Crippen LogP contribution in [0.25, 0.3) is 10.9 Å². The molecule has 0 saturated heterocycles. The molecular formula is C13H18N2. The summed E-state index contributed by atoms with van der Waals surface area (Å²) in [6.45, 7) is 4.32. The number of aromatic nitrogens is 1. The Morgan fingerprint density at radius 3 is 2.73 bits per heavy atom. The van der Waals surface area contributed by atoms with Gasteiger partial charge in [0.2, 0.25) is 0 Å². The van der Waals surface area contributed by atoms with E-state index >= 15 is 0 Å². The van der Waals surface area contributed by atoms with Crippen LogP contribution in [0.15, 0.2) is 24.4 Å². The Labute approximate surface area is 90.9 Å². The lowest BCUT2D eigenvalue weighted by Gasteiger charge is -2.08. The zero-order valence-electron chi connectivity index (χ0n) is 9.83. The van der Waals surface area contributed by atoms with Crippen LogP contribution in [0.2, 0.25) is 0 Å². The van der Waals surface area contributed by atoms with Crippen LogP contribution in [0, 0.1) is 6.92 Å². The van der Waals surface area contributed by atoms with Crippen LogP contribution in [-0.4, -0.2) is 11.6 Å². The fourth-order valence-electron chi connectivity index (χ4n) is 2.03. The molecule has 0 amide bonds. The van der Waals surface area contributed by atoms with Crippen molar-refractivity contribution in [1.82, 2.24) is 9.88 Å². The maximum absolute atomic E-state index is 3.29. The first-order valence-corrected chi connectivity index (χ1v) is 5.36. The molecule has 0 aliphatic carbocycles. The lowest BCUT2D eigenvalue weighted by Crippen LogP contribution is -2.11. The molecule has 0 aliphatic rings. The second-order valence-corrected chi connectivity index (χ2v) is 4.23. The minimum Gasteiger partial charge on any atom is -0.350 e. The number of nitrogens with zero attached hydrogens (tertiary/aromatic N) is 1. The third-order valence-corrected chi connectivity index (χ3v) is 3.08. The molecule has 1 aromatic heterocycles. The molecule has 15 heavy (non-hydrogen) atoms. The summed E-state index contributed by atoms with van der Waals surface area (Å²) < 4.78 is 2.20. The Hall–Kier alpha value is -1.28. The van der Waals surface area contributed by atoms with Crippen LogP contribution in [0.4, 0.5) is 0 Å². The highest BCUT2D eigenvalue weighted by molar-refractivity contribution is 5.85. The molecule has 2 aromatic rings. The van der Waals surface area contributed by atoms with Crippen molar-refractivity contribution in [1.29, 1.82) is 0 Å². The second-order valence-electron chi connectivity index (χ2n) is 4.23. The maximum atomic E-state index is 3.29. The number of hydrogen-bond acceptors (Lipinski definition) is 1. The highest BCUT2D eigenvalue weighted by Crippen LogP contribution is 2.26. The summed E-state index contributed by atoms with van der Waals surface area (Å²) in [5, 5.41) is 4.64. The summed E-state index contributed by atoms with van der Waals surface area (Å²) >= 11 is 0. The van der Waals surface area contributed by atoms with Gasteiger partial charge in [-0.2, -0.15) is 0 Å². The number of fused-ring (bicyclic) bond motifs is 1. The molecule has 1 unspecified atom stereocenters. The van der Waals surface area contributed by atoms with Crippen LogP contribution in [0.5, 0.6) is 0 Å². The molecule has 0 bridgehead atoms. The first-order valence-electron chi connectivity index (χ1n) is 5.36. The van der Waals surface area contributed by atoms with E-state index in [9.17, 15) is 0 Å². The Kier molecular flexibility index (Phi) is 2.53. The van der Waals surface area contributed by atoms with Gasteiger partial charge in [0.1, 0.15) is 0 Å². The van der Waals surface area contributed by atoms with Crippen molar-refractivity contribution in [2.45, 2.75) is 19.9 Å². The fourth-order valence-corrected chi connectivity index (χ4v) is 2.03. The summed E-state index contributed by atoms with van der Waals surface area (Å²) in [4.78, 5) is 0. The van der Waals surface area contributed by atoms with Crippen molar-refractivity contribution in [3.05, 3.63) is 35.5 Å². The van der Waals surface area contributed by atoms with Gasteiger partial charge in [-0.25, -0.2) is 0 Å². The quantitative estimate of drug-likeness (QED) is 0.792. The molecule has 0 fully saturated rings. The lowest BCUT2D eigenvalue weighted by atomic mass is 10.1. The largest absolute Gasteiger partial charge is 0.350 e. The van der Waals surface area contributed by atoms with Crippen LogP contribution in [0.3, 0.4) is 0 Å². The van der Waals surface area contributed by atoms with Crippen LogP contribution >= 0.6 is 0 Å². The first-order chi connectivity index (χ1) is 7.13. The van der Waals surface area contributed by atoms with Crippen molar-refractivity contribution in [3.63, 3.8) is 0 Å². The molecule has 2 nitrogen and oxygen atoms in total. The van der Waals surface area contributed by atoms with E-state index in [4.69, 9.17) is 0 Å². The fraction of sp³-hybridized carbons (Fsp3) is 0.385. The molecule has 1 aromatic carbocycles. The molecule has 0 radical (unpaired) electrons. The van der Waals surface area contributed by atoms with E-state index in [0.717, 1.165) is 0 Å². The summed E-state index contributed by atoms with van der Waals surface area (Å²) in [5.74, 6) is 0. The Balaban J connectivity index is 2.68. The van der Waals surface area contributed by atoms with Gasteiger partial charge in [0.05, 0.1) is 0 Å². The number of rotatable bonds is 2. The maximum Gasteiger partial charge on any atom is 0.0483 e. The van der Waals surface area contributed by atoms with Crippen molar-refractivity contribution < 1.29 is 0 Å². The third-order valence-electron chi connectivity index (χ3n) is 3.08. The Morgan fingerprint density at radius 2 is 2.07 bits per heavy atom. The van der Waals surface area contributed by atoms with E-state index < -0.39 is 0 Å². The Bertz CT molecular complexity index is 482.